The Bertz CT molecular complexity index is 944. The molecule has 0 spiro atoms. The molecule has 5 nitrogen and oxygen atoms in total. The van der Waals surface area contributed by atoms with Gasteiger partial charge in [-0.2, -0.15) is 0 Å². The first-order chi connectivity index (χ1) is 12.0. The van der Waals surface area contributed by atoms with Gasteiger partial charge >= 0.3 is 11.1 Å². The van der Waals surface area contributed by atoms with Crippen LogP contribution in [0.5, 0.6) is 0 Å². The van der Waals surface area contributed by atoms with Gasteiger partial charge in [-0.3, -0.25) is 14.2 Å². The number of aromatic amines is 1. The molecule has 132 valence electrons. The summed E-state index contributed by atoms with van der Waals surface area (Å²) in [6.45, 7) is 9.70. The van der Waals surface area contributed by atoms with Gasteiger partial charge in [0.15, 0.2) is 5.15 Å². The highest BCUT2D eigenvalue weighted by atomic mass is 35.5. The van der Waals surface area contributed by atoms with Gasteiger partial charge in [0.1, 0.15) is 10.5 Å². The van der Waals surface area contributed by atoms with Crippen molar-refractivity contribution in [3.05, 3.63) is 68.9 Å². The molecule has 2 aromatic rings. The number of unbranched alkanes of at least 4 members (excludes halogenated alkanes) is 1. The van der Waals surface area contributed by atoms with Crippen LogP contribution < -0.4 is 11.1 Å². The molecule has 0 aromatic carbocycles. The lowest BCUT2D eigenvalue weighted by atomic mass is 10.2. The Labute approximate surface area is 155 Å². The van der Waals surface area contributed by atoms with E-state index in [1.54, 1.807) is 36.1 Å². The number of nitrogens with zero attached hydrogens (tertiary/aromatic N) is 2. The highest BCUT2D eigenvalue weighted by molar-refractivity contribution is 7.99. The van der Waals surface area contributed by atoms with Gasteiger partial charge in [0.25, 0.3) is 0 Å². The lowest BCUT2D eigenvalue weighted by molar-refractivity contribution is 0.773. The molecule has 1 N–H and O–H groups in total. The number of aromatic nitrogens is 3. The van der Waals surface area contributed by atoms with Crippen LogP contribution in [0.4, 0.5) is 0 Å². The molecule has 0 radical (unpaired) electrons. The molecular weight excluding hydrogens is 358 g/mol. The quantitative estimate of drug-likeness (QED) is 0.249. The van der Waals surface area contributed by atoms with E-state index in [1.165, 1.54) is 4.57 Å². The third kappa shape index (κ3) is 4.52. The van der Waals surface area contributed by atoms with E-state index in [9.17, 15) is 9.59 Å². The van der Waals surface area contributed by atoms with Gasteiger partial charge in [-0.1, -0.05) is 56.3 Å². The van der Waals surface area contributed by atoms with Crippen LogP contribution in [-0.4, -0.2) is 20.3 Å². The van der Waals surface area contributed by atoms with Gasteiger partial charge in [-0.25, -0.2) is 4.98 Å². The standard InChI is InChI=1S/C18H20ClN3O2S/c1-4-7-9-25-14-10-13-15(16(19)20-14)21-17(23)18(24)22(13)11-12(6-3)8-5-2/h5-6,8,10H,2-4,7,9,11H2,1H3,(H,21,23)/b12-8+. The summed E-state index contributed by atoms with van der Waals surface area (Å²) >= 11 is 7.82. The van der Waals surface area contributed by atoms with Crippen LogP contribution >= 0.6 is 23.4 Å². The maximum Gasteiger partial charge on any atom is 0.317 e. The number of hydrogen-bond donors (Lipinski definition) is 1. The van der Waals surface area contributed by atoms with Gasteiger partial charge in [0.05, 0.1) is 12.1 Å². The number of H-pyrrole nitrogens is 1. The SMILES string of the molecule is C=C/C=C(\C=C)Cn1c(=O)c(=O)[nH]c2c(Cl)nc(SCCCC)cc21. The fourth-order valence-electron chi connectivity index (χ4n) is 2.28. The topological polar surface area (TPSA) is 67.8 Å². The largest absolute Gasteiger partial charge is 0.317 e. The van der Waals surface area contributed by atoms with Crippen molar-refractivity contribution in [2.24, 2.45) is 0 Å². The minimum Gasteiger partial charge on any atom is -0.313 e. The van der Waals surface area contributed by atoms with Crippen LogP contribution in [0.1, 0.15) is 19.8 Å². The van der Waals surface area contributed by atoms with E-state index in [0.717, 1.165) is 29.2 Å². The minimum absolute atomic E-state index is 0.176. The molecule has 0 aliphatic heterocycles. The molecule has 2 rings (SSSR count). The summed E-state index contributed by atoms with van der Waals surface area (Å²) in [4.78, 5) is 31.2. The summed E-state index contributed by atoms with van der Waals surface area (Å²) in [5, 5.41) is 0.897. The molecule has 2 heterocycles. The Morgan fingerprint density at radius 1 is 1.44 bits per heavy atom. The summed E-state index contributed by atoms with van der Waals surface area (Å²) in [6, 6.07) is 1.79. The molecule has 7 heteroatoms. The predicted molar refractivity (Wildman–Crippen MR) is 106 cm³/mol. The fourth-order valence-corrected chi connectivity index (χ4v) is 3.56. The van der Waals surface area contributed by atoms with Gasteiger partial charge in [-0.15, -0.1) is 11.8 Å². The molecule has 0 amide bonds. The van der Waals surface area contributed by atoms with Crippen molar-refractivity contribution in [2.75, 3.05) is 5.75 Å². The van der Waals surface area contributed by atoms with Crippen molar-refractivity contribution < 1.29 is 0 Å². The average molecular weight is 378 g/mol. The Hall–Kier alpha value is -2.05. The van der Waals surface area contributed by atoms with E-state index in [-0.39, 0.29) is 11.7 Å². The highest BCUT2D eigenvalue weighted by Crippen LogP contribution is 2.25. The zero-order valence-corrected chi connectivity index (χ0v) is 15.6. The summed E-state index contributed by atoms with van der Waals surface area (Å²) in [7, 11) is 0. The molecule has 0 aliphatic carbocycles. The zero-order valence-electron chi connectivity index (χ0n) is 14.0. The highest BCUT2D eigenvalue weighted by Gasteiger charge is 2.13. The fraction of sp³-hybridized carbons (Fsp3) is 0.278. The van der Waals surface area contributed by atoms with E-state index in [1.807, 2.05) is 0 Å². The van der Waals surface area contributed by atoms with Crippen LogP contribution in [0.2, 0.25) is 5.15 Å². The lowest BCUT2D eigenvalue weighted by Crippen LogP contribution is -2.36. The minimum atomic E-state index is -0.732. The molecule has 0 unspecified atom stereocenters. The second-order valence-electron chi connectivity index (χ2n) is 5.37. The number of thioether (sulfide) groups is 1. The molecule has 0 aliphatic rings. The normalized spacial score (nSPS) is 11.7. The number of fused-ring (bicyclic) bond motifs is 1. The van der Waals surface area contributed by atoms with E-state index >= 15 is 0 Å². The third-order valence-electron chi connectivity index (χ3n) is 3.58. The van der Waals surface area contributed by atoms with E-state index in [4.69, 9.17) is 11.6 Å². The number of allylic oxidation sites excluding steroid dienone is 4. The smallest absolute Gasteiger partial charge is 0.313 e. The zero-order chi connectivity index (χ0) is 18.4. The Balaban J connectivity index is 2.64. The van der Waals surface area contributed by atoms with Gasteiger partial charge in [-0.05, 0) is 23.8 Å². The monoisotopic (exact) mass is 377 g/mol. The van der Waals surface area contributed by atoms with Crippen molar-refractivity contribution >= 4 is 34.4 Å². The molecule has 0 saturated carbocycles. The summed E-state index contributed by atoms with van der Waals surface area (Å²) < 4.78 is 1.39. The predicted octanol–water partition coefficient (Wildman–Crippen LogP) is 3.93. The Kier molecular flexibility index (Phi) is 6.84. The van der Waals surface area contributed by atoms with Gasteiger partial charge < -0.3 is 4.98 Å². The first-order valence-corrected chi connectivity index (χ1v) is 9.28. The maximum atomic E-state index is 12.4. The Morgan fingerprint density at radius 3 is 2.84 bits per heavy atom. The average Bonchev–Trinajstić information content (AvgIpc) is 2.59. The molecule has 0 saturated heterocycles. The lowest BCUT2D eigenvalue weighted by Gasteiger charge is -2.12. The van der Waals surface area contributed by atoms with E-state index < -0.39 is 11.1 Å². The van der Waals surface area contributed by atoms with E-state index in [2.05, 4.69) is 30.0 Å². The van der Waals surface area contributed by atoms with Crippen LogP contribution in [0.25, 0.3) is 11.0 Å². The van der Waals surface area contributed by atoms with Crippen LogP contribution in [0, 0.1) is 0 Å². The Morgan fingerprint density at radius 2 is 2.20 bits per heavy atom. The first kappa shape index (κ1) is 19.3. The van der Waals surface area contributed by atoms with Crippen LogP contribution in [0.3, 0.4) is 0 Å². The van der Waals surface area contributed by atoms with E-state index in [0.29, 0.717) is 11.0 Å². The number of halogens is 1. The van der Waals surface area contributed by atoms with Crippen molar-refractivity contribution in [1.29, 1.82) is 0 Å². The molecule has 25 heavy (non-hydrogen) atoms. The van der Waals surface area contributed by atoms with Gasteiger partial charge in [0.2, 0.25) is 0 Å². The molecule has 2 aromatic heterocycles. The molecule has 0 bridgehead atoms. The number of nitrogens with one attached hydrogen (secondary N) is 1. The first-order valence-electron chi connectivity index (χ1n) is 7.92. The number of rotatable bonds is 8. The second-order valence-corrected chi connectivity index (χ2v) is 6.85. The summed E-state index contributed by atoms with van der Waals surface area (Å²) in [5.41, 5.74) is 0.284. The van der Waals surface area contributed by atoms with Crippen LogP contribution in [-0.2, 0) is 6.54 Å². The van der Waals surface area contributed by atoms with Gasteiger partial charge in [0, 0.05) is 0 Å². The van der Waals surface area contributed by atoms with Crippen molar-refractivity contribution in [3.8, 4) is 0 Å². The molecule has 0 atom stereocenters. The van der Waals surface area contributed by atoms with Crippen molar-refractivity contribution in [2.45, 2.75) is 31.3 Å². The van der Waals surface area contributed by atoms with Crippen LogP contribution in [0.15, 0.2) is 57.6 Å². The van der Waals surface area contributed by atoms with Crippen molar-refractivity contribution in [1.82, 2.24) is 14.5 Å². The number of hydrogen-bond acceptors (Lipinski definition) is 4. The number of pyridine rings is 1. The molecule has 0 fully saturated rings. The van der Waals surface area contributed by atoms with Crippen molar-refractivity contribution in [3.63, 3.8) is 0 Å². The second kappa shape index (κ2) is 8.87. The summed E-state index contributed by atoms with van der Waals surface area (Å²) in [6.07, 6.45) is 7.12. The summed E-state index contributed by atoms with van der Waals surface area (Å²) in [5.74, 6) is 0.910. The maximum absolute atomic E-state index is 12.4. The molecular formula is C18H20ClN3O2S. The third-order valence-corrected chi connectivity index (χ3v) is 4.85.